The Morgan fingerprint density at radius 1 is 1.05 bits per heavy atom. The van der Waals surface area contributed by atoms with Gasteiger partial charge in [-0.05, 0) is 93.1 Å². The Labute approximate surface area is 246 Å². The van der Waals surface area contributed by atoms with Gasteiger partial charge in [-0.3, -0.25) is 24.7 Å². The summed E-state index contributed by atoms with van der Waals surface area (Å²) in [4.78, 5) is 40.8. The zero-order valence-electron chi connectivity index (χ0n) is 24.1. The number of likely N-dealkylation sites (tertiary alicyclic amines) is 1. The van der Waals surface area contributed by atoms with Crippen LogP contribution in [0.25, 0.3) is 0 Å². The predicted molar refractivity (Wildman–Crippen MR) is 155 cm³/mol. The van der Waals surface area contributed by atoms with Crippen molar-refractivity contribution in [1.29, 1.82) is 0 Å². The molecule has 0 bridgehead atoms. The van der Waals surface area contributed by atoms with Gasteiger partial charge in [0.05, 0.1) is 24.5 Å². The number of hydrazone groups is 1. The summed E-state index contributed by atoms with van der Waals surface area (Å²) in [6.07, 6.45) is -3.22. The topological polar surface area (TPSA) is 135 Å². The molecule has 230 valence electrons. The van der Waals surface area contributed by atoms with Gasteiger partial charge in [-0.25, -0.2) is 4.90 Å². The number of benzene rings is 2. The first-order valence-electron chi connectivity index (χ1n) is 13.8. The van der Waals surface area contributed by atoms with Crippen LogP contribution in [0, 0.1) is 13.8 Å². The summed E-state index contributed by atoms with van der Waals surface area (Å²) >= 11 is 0. The molecule has 0 spiro atoms. The number of carboxylic acids is 1. The van der Waals surface area contributed by atoms with E-state index in [1.807, 2.05) is 18.7 Å². The SMILES string of the molecule is CC1=C(CNCC(F)(F)F)C(=O)N(c2ccc(C)c(C)c2)C(=O)C1=NNc1cccc(C2CCN(CC(=O)O)CC2)c1O. The van der Waals surface area contributed by atoms with Crippen molar-refractivity contribution in [2.45, 2.75) is 45.7 Å². The largest absolute Gasteiger partial charge is 0.505 e. The highest BCUT2D eigenvalue weighted by Gasteiger charge is 2.38. The Hall–Kier alpha value is -4.23. The van der Waals surface area contributed by atoms with Crippen LogP contribution in [0.5, 0.6) is 5.75 Å². The molecule has 1 fully saturated rings. The molecule has 2 aromatic rings. The number of alkyl halides is 3. The van der Waals surface area contributed by atoms with Gasteiger partial charge < -0.3 is 15.5 Å². The van der Waals surface area contributed by atoms with Crippen LogP contribution in [0.2, 0.25) is 0 Å². The lowest BCUT2D eigenvalue weighted by molar-refractivity contribution is -0.138. The van der Waals surface area contributed by atoms with Crippen LogP contribution < -0.4 is 15.6 Å². The van der Waals surface area contributed by atoms with Crippen LogP contribution in [-0.2, 0) is 14.4 Å². The number of para-hydroxylation sites is 1. The lowest BCUT2D eigenvalue weighted by Crippen LogP contribution is -2.49. The van der Waals surface area contributed by atoms with E-state index in [9.17, 15) is 32.7 Å². The Kier molecular flexibility index (Phi) is 9.55. The van der Waals surface area contributed by atoms with Crippen LogP contribution in [0.15, 0.2) is 52.6 Å². The number of aryl methyl sites for hydroxylation is 2. The molecule has 2 aromatic carbocycles. The van der Waals surface area contributed by atoms with Gasteiger partial charge in [-0.2, -0.15) is 18.3 Å². The summed E-state index contributed by atoms with van der Waals surface area (Å²) in [6.45, 7) is 4.42. The van der Waals surface area contributed by atoms with Crippen molar-refractivity contribution in [1.82, 2.24) is 10.2 Å². The number of carboxylic acid groups (broad SMARTS) is 1. The monoisotopic (exact) mass is 601 g/mol. The van der Waals surface area contributed by atoms with Crippen LogP contribution in [0.4, 0.5) is 24.5 Å². The van der Waals surface area contributed by atoms with Gasteiger partial charge in [-0.1, -0.05) is 18.2 Å². The maximum absolute atomic E-state index is 13.6. The molecule has 0 radical (unpaired) electrons. The maximum atomic E-state index is 13.6. The second kappa shape index (κ2) is 13.0. The van der Waals surface area contributed by atoms with E-state index >= 15 is 0 Å². The van der Waals surface area contributed by atoms with Crippen LogP contribution in [0.3, 0.4) is 0 Å². The highest BCUT2D eigenvalue weighted by molar-refractivity contribution is 6.57. The van der Waals surface area contributed by atoms with Crippen molar-refractivity contribution in [2.75, 3.05) is 43.0 Å². The van der Waals surface area contributed by atoms with Gasteiger partial charge in [0.15, 0.2) is 5.71 Å². The van der Waals surface area contributed by atoms with Crippen molar-refractivity contribution in [2.24, 2.45) is 5.10 Å². The number of rotatable bonds is 9. The van der Waals surface area contributed by atoms with Crippen molar-refractivity contribution in [3.05, 3.63) is 64.2 Å². The Balaban J connectivity index is 1.64. The third-order valence-electron chi connectivity index (χ3n) is 7.79. The fourth-order valence-electron chi connectivity index (χ4n) is 5.26. The minimum Gasteiger partial charge on any atom is -0.505 e. The molecule has 4 rings (SSSR count). The zero-order valence-corrected chi connectivity index (χ0v) is 24.1. The summed E-state index contributed by atoms with van der Waals surface area (Å²) < 4.78 is 38.5. The molecule has 2 amide bonds. The first-order valence-corrected chi connectivity index (χ1v) is 13.8. The molecule has 0 aliphatic carbocycles. The first-order chi connectivity index (χ1) is 20.3. The number of phenolic OH excluding ortho intramolecular Hbond substituents is 1. The molecule has 0 atom stereocenters. The molecule has 0 aromatic heterocycles. The number of anilines is 2. The molecule has 0 saturated carbocycles. The third kappa shape index (κ3) is 7.41. The summed E-state index contributed by atoms with van der Waals surface area (Å²) in [7, 11) is 0. The second-order valence-electron chi connectivity index (χ2n) is 10.8. The van der Waals surface area contributed by atoms with Crippen LogP contribution in [-0.4, -0.2) is 77.5 Å². The van der Waals surface area contributed by atoms with Crippen LogP contribution >= 0.6 is 0 Å². The number of carbonyl (C=O) groups excluding carboxylic acids is 2. The van der Waals surface area contributed by atoms with Gasteiger partial charge in [0.2, 0.25) is 0 Å². The van der Waals surface area contributed by atoms with Crippen molar-refractivity contribution in [3.8, 4) is 5.75 Å². The molecular weight excluding hydrogens is 567 g/mol. The van der Waals surface area contributed by atoms with E-state index in [0.29, 0.717) is 31.5 Å². The van der Waals surface area contributed by atoms with Crippen LogP contribution in [0.1, 0.15) is 42.4 Å². The number of phenols is 1. The van der Waals surface area contributed by atoms with E-state index in [0.717, 1.165) is 16.0 Å². The number of aliphatic carboxylic acids is 1. The number of carbonyl (C=O) groups is 3. The Morgan fingerprint density at radius 2 is 1.74 bits per heavy atom. The summed E-state index contributed by atoms with van der Waals surface area (Å²) in [6, 6.07) is 10.0. The number of hydrogen-bond donors (Lipinski definition) is 4. The Bertz CT molecular complexity index is 1480. The zero-order chi connectivity index (χ0) is 31.5. The molecule has 4 N–H and O–H groups in total. The fraction of sp³-hybridized carbons (Fsp3) is 0.400. The van der Waals surface area contributed by atoms with E-state index in [2.05, 4.69) is 15.8 Å². The van der Waals surface area contributed by atoms with E-state index in [1.165, 1.54) is 6.92 Å². The van der Waals surface area contributed by atoms with Gasteiger partial charge >= 0.3 is 12.1 Å². The van der Waals surface area contributed by atoms with E-state index in [-0.39, 0.29) is 46.4 Å². The van der Waals surface area contributed by atoms with E-state index < -0.39 is 37.0 Å². The average Bonchev–Trinajstić information content (AvgIpc) is 2.93. The van der Waals surface area contributed by atoms with Crippen molar-refractivity contribution >= 4 is 34.9 Å². The second-order valence-corrected chi connectivity index (χ2v) is 10.8. The van der Waals surface area contributed by atoms with Crippen molar-refractivity contribution < 1.29 is 37.8 Å². The number of aromatic hydroxyl groups is 1. The number of piperidine rings is 1. The molecule has 43 heavy (non-hydrogen) atoms. The van der Waals surface area contributed by atoms with E-state index in [1.54, 1.807) is 36.4 Å². The number of nitrogens with zero attached hydrogens (tertiary/aromatic N) is 3. The van der Waals surface area contributed by atoms with Gasteiger partial charge in [0.25, 0.3) is 11.8 Å². The highest BCUT2D eigenvalue weighted by Crippen LogP contribution is 2.38. The van der Waals surface area contributed by atoms with Gasteiger partial charge in [0.1, 0.15) is 5.75 Å². The minimum absolute atomic E-state index is 0.0263. The molecule has 2 heterocycles. The number of nitrogens with one attached hydrogen (secondary N) is 2. The summed E-state index contributed by atoms with van der Waals surface area (Å²) in [5.41, 5.74) is 5.44. The van der Waals surface area contributed by atoms with Gasteiger partial charge in [-0.15, -0.1) is 0 Å². The maximum Gasteiger partial charge on any atom is 0.401 e. The van der Waals surface area contributed by atoms with Crippen molar-refractivity contribution in [3.63, 3.8) is 0 Å². The summed E-state index contributed by atoms with van der Waals surface area (Å²) in [5, 5.41) is 26.6. The third-order valence-corrected chi connectivity index (χ3v) is 7.79. The minimum atomic E-state index is -4.50. The molecule has 1 saturated heterocycles. The Morgan fingerprint density at radius 3 is 2.37 bits per heavy atom. The lowest BCUT2D eigenvalue weighted by atomic mass is 9.88. The number of imide groups is 1. The molecule has 2 aliphatic rings. The normalized spacial score (nSPS) is 18.1. The molecule has 13 heteroatoms. The fourth-order valence-corrected chi connectivity index (χ4v) is 5.26. The van der Waals surface area contributed by atoms with Gasteiger partial charge in [0, 0.05) is 12.1 Å². The molecule has 10 nitrogen and oxygen atoms in total. The first kappa shape index (κ1) is 31.7. The van der Waals surface area contributed by atoms with E-state index in [4.69, 9.17) is 5.11 Å². The number of amides is 2. The quantitative estimate of drug-likeness (QED) is 0.192. The molecule has 2 aliphatic heterocycles. The number of hydrogen-bond acceptors (Lipinski definition) is 8. The smallest absolute Gasteiger partial charge is 0.401 e. The average molecular weight is 602 g/mol. The number of halogens is 3. The predicted octanol–water partition coefficient (Wildman–Crippen LogP) is 4.08. The highest BCUT2D eigenvalue weighted by atomic mass is 19.4. The molecule has 0 unspecified atom stereocenters. The standard InChI is InChI=1S/C30H34F3N5O5/c1-17-7-8-21(13-18(17)2)38-28(42)23(14-34-16-30(31,32)33)19(3)26(29(38)43)36-35-24-6-4-5-22(27(24)41)20-9-11-37(12-10-20)15-25(39)40/h4-8,13,20,34-35,41H,9-12,14-16H2,1-3H3,(H,39,40). The molecular formula is C30H34F3N5O5. The summed E-state index contributed by atoms with van der Waals surface area (Å²) in [5.74, 6) is -2.52. The lowest BCUT2D eigenvalue weighted by Gasteiger charge is -2.31.